The van der Waals surface area contributed by atoms with Crippen molar-refractivity contribution in [2.24, 2.45) is 12.0 Å². The van der Waals surface area contributed by atoms with Crippen molar-refractivity contribution >= 4 is 17.2 Å². The monoisotopic (exact) mass is 343 g/mol. The standard InChI is InChI=1S/C17H17N3O3S/c1-11-15(12(2)23-19-11)10-22-14-6-4-5-13(9-14)16(21)18-17-20(3)7-8-24-17/h4-9H,10H2,1-3H3. The van der Waals surface area contributed by atoms with Crippen LogP contribution in [0.15, 0.2) is 45.4 Å². The van der Waals surface area contributed by atoms with Gasteiger partial charge in [-0.2, -0.15) is 4.99 Å². The van der Waals surface area contributed by atoms with E-state index in [1.165, 1.54) is 11.3 Å². The fraction of sp³-hybridized carbons (Fsp3) is 0.235. The zero-order chi connectivity index (χ0) is 17.1. The Kier molecular flexibility index (Phi) is 4.61. The summed E-state index contributed by atoms with van der Waals surface area (Å²) in [7, 11) is 1.85. The Morgan fingerprint density at radius 3 is 2.92 bits per heavy atom. The number of rotatable bonds is 4. The molecule has 3 aromatic rings. The van der Waals surface area contributed by atoms with Crippen molar-refractivity contribution in [3.8, 4) is 5.75 Å². The lowest BCUT2D eigenvalue weighted by atomic mass is 10.2. The molecular weight excluding hydrogens is 326 g/mol. The molecule has 2 aromatic heterocycles. The second-order valence-electron chi connectivity index (χ2n) is 5.33. The van der Waals surface area contributed by atoms with Crippen molar-refractivity contribution in [3.63, 3.8) is 0 Å². The molecule has 0 unspecified atom stereocenters. The lowest BCUT2D eigenvalue weighted by Crippen LogP contribution is -2.12. The molecule has 0 N–H and O–H groups in total. The molecule has 2 heterocycles. The van der Waals surface area contributed by atoms with Crippen LogP contribution in [0.2, 0.25) is 0 Å². The number of thiazole rings is 1. The van der Waals surface area contributed by atoms with E-state index in [0.717, 1.165) is 17.0 Å². The van der Waals surface area contributed by atoms with E-state index in [-0.39, 0.29) is 5.91 Å². The van der Waals surface area contributed by atoms with E-state index in [1.54, 1.807) is 28.8 Å². The van der Waals surface area contributed by atoms with Gasteiger partial charge in [-0.15, -0.1) is 11.3 Å². The molecule has 0 aliphatic heterocycles. The molecule has 0 saturated carbocycles. The van der Waals surface area contributed by atoms with Crippen molar-refractivity contribution in [2.75, 3.05) is 0 Å². The van der Waals surface area contributed by atoms with Crippen molar-refractivity contribution in [1.82, 2.24) is 9.72 Å². The van der Waals surface area contributed by atoms with Crippen LogP contribution >= 0.6 is 11.3 Å². The zero-order valence-electron chi connectivity index (χ0n) is 13.6. The number of ether oxygens (including phenoxy) is 1. The average Bonchev–Trinajstić information content (AvgIpc) is 3.12. The van der Waals surface area contributed by atoms with Crippen LogP contribution in [0.5, 0.6) is 5.75 Å². The molecule has 3 rings (SSSR count). The molecule has 1 aromatic carbocycles. The third kappa shape index (κ3) is 3.46. The van der Waals surface area contributed by atoms with Gasteiger partial charge in [0.05, 0.1) is 11.3 Å². The van der Waals surface area contributed by atoms with Crippen molar-refractivity contribution in [3.05, 3.63) is 63.2 Å². The molecule has 0 atom stereocenters. The Labute approximate surface area is 143 Å². The summed E-state index contributed by atoms with van der Waals surface area (Å²) in [6.45, 7) is 4.06. The summed E-state index contributed by atoms with van der Waals surface area (Å²) < 4.78 is 12.7. The Bertz CT molecular complexity index is 917. The van der Waals surface area contributed by atoms with Gasteiger partial charge in [-0.25, -0.2) is 0 Å². The molecule has 1 amide bonds. The smallest absolute Gasteiger partial charge is 0.279 e. The Morgan fingerprint density at radius 2 is 2.25 bits per heavy atom. The summed E-state index contributed by atoms with van der Waals surface area (Å²) in [5.74, 6) is 1.04. The van der Waals surface area contributed by atoms with Gasteiger partial charge in [0, 0.05) is 24.2 Å². The van der Waals surface area contributed by atoms with Crippen molar-refractivity contribution in [1.29, 1.82) is 0 Å². The fourth-order valence-corrected chi connectivity index (χ4v) is 2.90. The minimum Gasteiger partial charge on any atom is -0.489 e. The van der Waals surface area contributed by atoms with Crippen LogP contribution in [0.4, 0.5) is 0 Å². The maximum atomic E-state index is 12.3. The molecule has 0 fully saturated rings. The zero-order valence-corrected chi connectivity index (χ0v) is 14.5. The number of hydrogen-bond donors (Lipinski definition) is 0. The highest BCUT2D eigenvalue weighted by Gasteiger charge is 2.11. The minimum atomic E-state index is -0.296. The third-order valence-electron chi connectivity index (χ3n) is 3.60. The van der Waals surface area contributed by atoms with E-state index in [1.807, 2.05) is 32.5 Å². The molecule has 0 spiro atoms. The van der Waals surface area contributed by atoms with E-state index in [2.05, 4.69) is 10.1 Å². The van der Waals surface area contributed by atoms with E-state index < -0.39 is 0 Å². The van der Waals surface area contributed by atoms with Crippen LogP contribution in [0.25, 0.3) is 0 Å². The van der Waals surface area contributed by atoms with Gasteiger partial charge >= 0.3 is 0 Å². The van der Waals surface area contributed by atoms with Crippen LogP contribution in [-0.2, 0) is 13.7 Å². The topological polar surface area (TPSA) is 69.6 Å². The number of benzene rings is 1. The molecule has 7 heteroatoms. The minimum absolute atomic E-state index is 0.296. The molecule has 0 saturated heterocycles. The summed E-state index contributed by atoms with van der Waals surface area (Å²) in [5.41, 5.74) is 2.21. The van der Waals surface area contributed by atoms with Crippen LogP contribution < -0.4 is 9.54 Å². The molecule has 124 valence electrons. The number of nitrogens with zero attached hydrogens (tertiary/aromatic N) is 3. The summed E-state index contributed by atoms with van der Waals surface area (Å²) >= 11 is 1.42. The maximum absolute atomic E-state index is 12.3. The van der Waals surface area contributed by atoms with Gasteiger partial charge in [0.25, 0.3) is 5.91 Å². The number of amides is 1. The number of aromatic nitrogens is 2. The van der Waals surface area contributed by atoms with Crippen LogP contribution in [0.1, 0.15) is 27.4 Å². The number of hydrogen-bond acceptors (Lipinski definition) is 5. The molecular formula is C17H17N3O3S. The first kappa shape index (κ1) is 16.2. The predicted molar refractivity (Wildman–Crippen MR) is 89.9 cm³/mol. The van der Waals surface area contributed by atoms with Gasteiger partial charge in [-0.05, 0) is 32.0 Å². The van der Waals surface area contributed by atoms with Gasteiger partial charge in [0.2, 0.25) is 0 Å². The normalized spacial score (nSPS) is 11.7. The number of carbonyl (C=O) groups excluding carboxylic acids is 1. The Hall–Kier alpha value is -2.67. The van der Waals surface area contributed by atoms with E-state index in [0.29, 0.717) is 22.7 Å². The van der Waals surface area contributed by atoms with Gasteiger partial charge < -0.3 is 13.8 Å². The van der Waals surface area contributed by atoms with Crippen molar-refractivity contribution < 1.29 is 14.1 Å². The molecule has 0 bridgehead atoms. The lowest BCUT2D eigenvalue weighted by molar-refractivity contribution is 0.0997. The molecule has 6 nitrogen and oxygen atoms in total. The predicted octanol–water partition coefficient (Wildman–Crippen LogP) is 3.01. The summed E-state index contributed by atoms with van der Waals surface area (Å²) in [5, 5.41) is 5.78. The second-order valence-corrected chi connectivity index (χ2v) is 6.21. The van der Waals surface area contributed by atoms with Crippen LogP contribution in [0, 0.1) is 13.8 Å². The number of aryl methyl sites for hydroxylation is 3. The fourth-order valence-electron chi connectivity index (χ4n) is 2.17. The van der Waals surface area contributed by atoms with E-state index in [4.69, 9.17) is 9.26 Å². The van der Waals surface area contributed by atoms with E-state index >= 15 is 0 Å². The second kappa shape index (κ2) is 6.84. The van der Waals surface area contributed by atoms with Gasteiger partial charge in [-0.1, -0.05) is 11.2 Å². The first-order valence-corrected chi connectivity index (χ1v) is 8.26. The Balaban J connectivity index is 1.77. The quantitative estimate of drug-likeness (QED) is 0.730. The summed E-state index contributed by atoms with van der Waals surface area (Å²) in [6, 6.07) is 7.00. The Morgan fingerprint density at radius 1 is 1.42 bits per heavy atom. The van der Waals surface area contributed by atoms with Crippen molar-refractivity contribution in [2.45, 2.75) is 20.5 Å². The summed E-state index contributed by atoms with van der Waals surface area (Å²) in [6.07, 6.45) is 1.86. The summed E-state index contributed by atoms with van der Waals surface area (Å²) in [4.78, 5) is 17.1. The SMILES string of the molecule is Cc1noc(C)c1COc1cccc(C(=O)N=c2sccn2C)c1. The maximum Gasteiger partial charge on any atom is 0.279 e. The molecule has 0 radical (unpaired) electrons. The highest BCUT2D eigenvalue weighted by molar-refractivity contribution is 7.07. The highest BCUT2D eigenvalue weighted by Crippen LogP contribution is 2.18. The van der Waals surface area contributed by atoms with Gasteiger partial charge in [0.1, 0.15) is 18.1 Å². The average molecular weight is 343 g/mol. The van der Waals surface area contributed by atoms with E-state index in [9.17, 15) is 4.79 Å². The first-order chi connectivity index (χ1) is 11.5. The molecule has 0 aliphatic rings. The first-order valence-electron chi connectivity index (χ1n) is 7.38. The van der Waals surface area contributed by atoms with Gasteiger partial charge in [-0.3, -0.25) is 4.79 Å². The van der Waals surface area contributed by atoms with Crippen LogP contribution in [-0.4, -0.2) is 15.6 Å². The largest absolute Gasteiger partial charge is 0.489 e. The molecule has 24 heavy (non-hydrogen) atoms. The van der Waals surface area contributed by atoms with Gasteiger partial charge in [0.15, 0.2) is 4.80 Å². The highest BCUT2D eigenvalue weighted by atomic mass is 32.1. The molecule has 0 aliphatic carbocycles. The van der Waals surface area contributed by atoms with Crippen LogP contribution in [0.3, 0.4) is 0 Å². The number of carbonyl (C=O) groups is 1. The lowest BCUT2D eigenvalue weighted by Gasteiger charge is -2.06. The third-order valence-corrected chi connectivity index (χ3v) is 4.45.